The fourth-order valence-electron chi connectivity index (χ4n) is 4.46. The van der Waals surface area contributed by atoms with Crippen LogP contribution in [0.15, 0.2) is 24.5 Å². The molecule has 1 N–H and O–H groups in total. The van der Waals surface area contributed by atoms with Gasteiger partial charge in [0.2, 0.25) is 5.91 Å². The zero-order valence-electron chi connectivity index (χ0n) is 18.0. The lowest BCUT2D eigenvalue weighted by Crippen LogP contribution is -2.45. The highest BCUT2D eigenvalue weighted by Gasteiger charge is 2.61. The van der Waals surface area contributed by atoms with Gasteiger partial charge < -0.3 is 19.4 Å². The van der Waals surface area contributed by atoms with Crippen LogP contribution >= 0.6 is 0 Å². The van der Waals surface area contributed by atoms with Crippen molar-refractivity contribution in [2.45, 2.75) is 52.7 Å². The minimum absolute atomic E-state index is 0.0400. The highest BCUT2D eigenvalue weighted by Crippen LogP contribution is 2.52. The minimum atomic E-state index is -0.598. The summed E-state index contributed by atoms with van der Waals surface area (Å²) in [6, 6.07) is 4.04. The number of hydrogen-bond donors (Lipinski definition) is 1. The molecule has 7 heteroatoms. The average molecular weight is 399 g/mol. The Kier molecular flexibility index (Phi) is 4.40. The van der Waals surface area contributed by atoms with Crippen molar-refractivity contribution in [1.29, 1.82) is 0 Å². The number of aryl methyl sites for hydroxylation is 1. The maximum atomic E-state index is 13.0. The molecule has 0 bridgehead atoms. The van der Waals surface area contributed by atoms with Gasteiger partial charge >= 0.3 is 6.09 Å². The number of imidazole rings is 1. The molecule has 3 atom stereocenters. The molecule has 1 aliphatic carbocycles. The third kappa shape index (κ3) is 3.58. The summed E-state index contributed by atoms with van der Waals surface area (Å²) < 4.78 is 7.48. The Morgan fingerprint density at radius 3 is 2.45 bits per heavy atom. The largest absolute Gasteiger partial charge is 0.444 e. The highest BCUT2D eigenvalue weighted by atomic mass is 16.6. The van der Waals surface area contributed by atoms with E-state index in [0.29, 0.717) is 13.1 Å². The molecular formula is C22H30N4O3. The fourth-order valence-corrected chi connectivity index (χ4v) is 4.46. The van der Waals surface area contributed by atoms with Gasteiger partial charge in [-0.25, -0.2) is 9.78 Å². The van der Waals surface area contributed by atoms with Crippen LogP contribution in [-0.2, 0) is 15.1 Å². The zero-order valence-corrected chi connectivity index (χ0v) is 18.0. The number of amides is 2. The second-order valence-corrected chi connectivity index (χ2v) is 9.88. The number of carbonyl (C=O) groups is 2. The van der Waals surface area contributed by atoms with Crippen LogP contribution in [0.25, 0.3) is 5.52 Å². The third-order valence-electron chi connectivity index (χ3n) is 5.93. The van der Waals surface area contributed by atoms with E-state index in [4.69, 9.17) is 4.74 Å². The van der Waals surface area contributed by atoms with E-state index in [2.05, 4.69) is 10.3 Å². The maximum Gasteiger partial charge on any atom is 0.410 e. The Hall–Kier alpha value is -2.57. The van der Waals surface area contributed by atoms with Gasteiger partial charge in [-0.05, 0) is 65.0 Å². The molecule has 0 spiro atoms. The molecule has 29 heavy (non-hydrogen) atoms. The van der Waals surface area contributed by atoms with Gasteiger partial charge in [0.05, 0.1) is 17.3 Å². The molecule has 0 aromatic carbocycles. The molecule has 156 valence electrons. The van der Waals surface area contributed by atoms with Crippen LogP contribution in [0, 0.1) is 24.7 Å². The van der Waals surface area contributed by atoms with Gasteiger partial charge in [-0.3, -0.25) is 4.79 Å². The summed E-state index contributed by atoms with van der Waals surface area (Å²) in [4.78, 5) is 31.5. The second kappa shape index (κ2) is 6.47. The van der Waals surface area contributed by atoms with Crippen molar-refractivity contribution in [3.63, 3.8) is 0 Å². The Labute approximate surface area is 171 Å². The number of carbonyl (C=O) groups excluding carboxylic acids is 2. The maximum absolute atomic E-state index is 13.0. The van der Waals surface area contributed by atoms with Gasteiger partial charge in [0, 0.05) is 25.2 Å². The van der Waals surface area contributed by atoms with Gasteiger partial charge in [0.15, 0.2) is 0 Å². The first-order valence-corrected chi connectivity index (χ1v) is 10.2. The van der Waals surface area contributed by atoms with E-state index in [-0.39, 0.29) is 29.8 Å². The van der Waals surface area contributed by atoms with Crippen molar-refractivity contribution >= 4 is 17.5 Å². The Balaban J connectivity index is 1.40. The summed E-state index contributed by atoms with van der Waals surface area (Å²) >= 11 is 0. The van der Waals surface area contributed by atoms with Crippen molar-refractivity contribution < 1.29 is 14.3 Å². The molecule has 2 aromatic rings. The van der Waals surface area contributed by atoms with Crippen molar-refractivity contribution in [2.75, 3.05) is 13.1 Å². The molecule has 2 fully saturated rings. The highest BCUT2D eigenvalue weighted by molar-refractivity contribution is 5.84. The van der Waals surface area contributed by atoms with Crippen molar-refractivity contribution in [3.8, 4) is 0 Å². The smallest absolute Gasteiger partial charge is 0.410 e. The number of nitrogens with one attached hydrogen (secondary N) is 1. The first-order valence-electron chi connectivity index (χ1n) is 10.2. The summed E-state index contributed by atoms with van der Waals surface area (Å²) in [6.45, 7) is 12.8. The molecule has 2 aliphatic rings. The van der Waals surface area contributed by atoms with Crippen molar-refractivity contribution in [1.82, 2.24) is 19.6 Å². The number of likely N-dealkylation sites (tertiary alicyclic amines) is 1. The molecule has 2 amide bonds. The first kappa shape index (κ1) is 19.7. The molecular weight excluding hydrogens is 368 g/mol. The van der Waals surface area contributed by atoms with Crippen LogP contribution in [0.1, 0.15) is 46.0 Å². The van der Waals surface area contributed by atoms with E-state index in [1.807, 2.05) is 70.5 Å². The van der Waals surface area contributed by atoms with Crippen LogP contribution in [0.5, 0.6) is 0 Å². The number of pyridine rings is 1. The molecule has 7 nitrogen and oxygen atoms in total. The molecule has 2 aromatic heterocycles. The Morgan fingerprint density at radius 2 is 1.83 bits per heavy atom. The molecule has 1 saturated heterocycles. The number of hydrogen-bond acceptors (Lipinski definition) is 4. The fraction of sp³-hybridized carbons (Fsp3) is 0.591. The SMILES string of the molecule is Cc1cccn2c(C(C)(C)NC(=O)C3[C@H]4CN(C(=O)OC(C)(C)C)C[C@@H]34)ncc12. The summed E-state index contributed by atoms with van der Waals surface area (Å²) in [5.74, 6) is 1.25. The monoisotopic (exact) mass is 398 g/mol. The molecule has 1 saturated carbocycles. The molecule has 0 radical (unpaired) electrons. The first-order chi connectivity index (χ1) is 13.5. The predicted molar refractivity (Wildman–Crippen MR) is 109 cm³/mol. The summed E-state index contributed by atoms with van der Waals surface area (Å²) in [7, 11) is 0. The summed E-state index contributed by atoms with van der Waals surface area (Å²) in [5.41, 5.74) is 1.09. The number of aromatic nitrogens is 2. The van der Waals surface area contributed by atoms with E-state index < -0.39 is 11.1 Å². The number of fused-ring (bicyclic) bond motifs is 2. The van der Waals surface area contributed by atoms with Gasteiger partial charge in [-0.15, -0.1) is 0 Å². The van der Waals surface area contributed by atoms with Crippen LogP contribution in [-0.4, -0.2) is 45.0 Å². The minimum Gasteiger partial charge on any atom is -0.444 e. The van der Waals surface area contributed by atoms with Crippen LogP contribution in [0.4, 0.5) is 4.79 Å². The van der Waals surface area contributed by atoms with Crippen LogP contribution in [0.3, 0.4) is 0 Å². The van der Waals surface area contributed by atoms with Crippen LogP contribution < -0.4 is 5.32 Å². The third-order valence-corrected chi connectivity index (χ3v) is 5.93. The predicted octanol–water partition coefficient (Wildman–Crippen LogP) is 3.11. The quantitative estimate of drug-likeness (QED) is 0.862. The van der Waals surface area contributed by atoms with Crippen molar-refractivity contribution in [2.24, 2.45) is 17.8 Å². The zero-order chi connectivity index (χ0) is 21.1. The van der Waals surface area contributed by atoms with Gasteiger partial charge in [-0.2, -0.15) is 0 Å². The van der Waals surface area contributed by atoms with E-state index in [1.54, 1.807) is 4.90 Å². The Bertz CT molecular complexity index is 960. The molecule has 1 unspecified atom stereocenters. The van der Waals surface area contributed by atoms with Gasteiger partial charge in [-0.1, -0.05) is 6.07 Å². The van der Waals surface area contributed by atoms with Gasteiger partial charge in [0.25, 0.3) is 0 Å². The summed E-state index contributed by atoms with van der Waals surface area (Å²) in [5, 5.41) is 3.19. The van der Waals surface area contributed by atoms with Gasteiger partial charge in [0.1, 0.15) is 11.4 Å². The Morgan fingerprint density at radius 1 is 1.17 bits per heavy atom. The van der Waals surface area contributed by atoms with E-state index in [0.717, 1.165) is 16.9 Å². The standard InChI is InChI=1S/C22H30N4O3/c1-13-8-7-9-26-16(13)10-23-19(26)22(5,6)24-18(27)17-14-11-25(12-15(14)17)20(28)29-21(2,3)4/h7-10,14-15,17H,11-12H2,1-6H3,(H,24,27)/t14-,15+,17?. The molecule has 1 aliphatic heterocycles. The second-order valence-electron chi connectivity index (χ2n) is 9.88. The van der Waals surface area contributed by atoms with E-state index >= 15 is 0 Å². The van der Waals surface area contributed by atoms with E-state index in [1.165, 1.54) is 0 Å². The number of ether oxygens (including phenoxy) is 1. The lowest BCUT2D eigenvalue weighted by atomic mass is 10.0. The lowest BCUT2D eigenvalue weighted by molar-refractivity contribution is -0.125. The van der Waals surface area contributed by atoms with Crippen LogP contribution in [0.2, 0.25) is 0 Å². The lowest BCUT2D eigenvalue weighted by Gasteiger charge is -2.27. The summed E-state index contributed by atoms with van der Waals surface area (Å²) in [6.07, 6.45) is 3.54. The van der Waals surface area contributed by atoms with Crippen molar-refractivity contribution in [3.05, 3.63) is 35.9 Å². The molecule has 4 rings (SSSR count). The number of rotatable bonds is 3. The normalized spacial score (nSPS) is 23.8. The number of piperidine rings is 1. The average Bonchev–Trinajstić information content (AvgIpc) is 2.96. The van der Waals surface area contributed by atoms with E-state index in [9.17, 15) is 9.59 Å². The molecule has 3 heterocycles. The topological polar surface area (TPSA) is 75.9 Å². The number of nitrogens with zero attached hydrogens (tertiary/aromatic N) is 3.